The molecular formula is C32H48O. The van der Waals surface area contributed by atoms with E-state index in [-0.39, 0.29) is 0 Å². The quantitative estimate of drug-likeness (QED) is 0.246. The number of ether oxygens (including phenoxy) is 1. The van der Waals surface area contributed by atoms with Crippen molar-refractivity contribution in [1.29, 1.82) is 0 Å². The molecule has 0 atom stereocenters. The first-order valence-corrected chi connectivity index (χ1v) is 14.1. The molecular weight excluding hydrogens is 400 g/mol. The maximum absolute atomic E-state index is 5.95. The van der Waals surface area contributed by atoms with E-state index in [9.17, 15) is 0 Å². The number of unbranched alkanes of at least 4 members (excludes halogenated alkanes) is 8. The van der Waals surface area contributed by atoms with Crippen molar-refractivity contribution >= 4 is 0 Å². The Kier molecular flexibility index (Phi) is 11.9. The van der Waals surface area contributed by atoms with Crippen LogP contribution < -0.4 is 4.74 Å². The molecule has 0 bridgehead atoms. The summed E-state index contributed by atoms with van der Waals surface area (Å²) in [6.45, 7) is 5.40. The average Bonchev–Trinajstić information content (AvgIpc) is 2.87. The molecule has 0 saturated heterocycles. The van der Waals surface area contributed by atoms with Gasteiger partial charge >= 0.3 is 0 Å². The summed E-state index contributed by atoms with van der Waals surface area (Å²) in [7, 11) is 0. The summed E-state index contributed by atoms with van der Waals surface area (Å²) in [4.78, 5) is 0. The highest BCUT2D eigenvalue weighted by Crippen LogP contribution is 2.38. The molecule has 0 radical (unpaired) electrons. The Labute approximate surface area is 204 Å². The number of benzene rings is 2. The van der Waals surface area contributed by atoms with Crippen molar-refractivity contribution < 1.29 is 4.74 Å². The molecule has 0 unspecified atom stereocenters. The summed E-state index contributed by atoms with van der Waals surface area (Å²) < 4.78 is 5.95. The molecule has 0 aliphatic heterocycles. The highest BCUT2D eigenvalue weighted by molar-refractivity contribution is 5.64. The molecule has 1 aliphatic rings. The Morgan fingerprint density at radius 1 is 0.606 bits per heavy atom. The van der Waals surface area contributed by atoms with Crippen LogP contribution in [-0.2, 0) is 0 Å². The van der Waals surface area contributed by atoms with Gasteiger partial charge in [0, 0.05) is 0 Å². The predicted octanol–water partition coefficient (Wildman–Crippen LogP) is 10.3. The molecule has 1 fully saturated rings. The van der Waals surface area contributed by atoms with Gasteiger partial charge in [0.05, 0.1) is 6.61 Å². The van der Waals surface area contributed by atoms with Crippen LogP contribution in [0.5, 0.6) is 5.75 Å². The largest absolute Gasteiger partial charge is 0.494 e. The maximum atomic E-state index is 5.95. The van der Waals surface area contributed by atoms with E-state index in [1.54, 1.807) is 5.56 Å². The molecule has 1 nitrogen and oxygen atoms in total. The SMILES string of the molecule is CCCCCCCCOc1ccc(-c2ccc(C3CCC(CCCCCC)CC3)cc2)cc1. The smallest absolute Gasteiger partial charge is 0.119 e. The molecule has 3 rings (SSSR count). The maximum Gasteiger partial charge on any atom is 0.119 e. The average molecular weight is 449 g/mol. The van der Waals surface area contributed by atoms with Gasteiger partial charge in [-0.25, -0.2) is 0 Å². The Morgan fingerprint density at radius 2 is 1.15 bits per heavy atom. The van der Waals surface area contributed by atoms with Gasteiger partial charge in [-0.05, 0) is 72.8 Å². The van der Waals surface area contributed by atoms with Gasteiger partial charge in [-0.3, -0.25) is 0 Å². The third-order valence-electron chi connectivity index (χ3n) is 7.65. The molecule has 0 aromatic heterocycles. The fourth-order valence-electron chi connectivity index (χ4n) is 5.41. The minimum Gasteiger partial charge on any atom is -0.494 e. The molecule has 1 heteroatoms. The molecule has 182 valence electrons. The van der Waals surface area contributed by atoms with E-state index in [1.165, 1.54) is 101 Å². The van der Waals surface area contributed by atoms with E-state index in [0.717, 1.165) is 30.6 Å². The minimum absolute atomic E-state index is 0.767. The zero-order chi connectivity index (χ0) is 23.1. The van der Waals surface area contributed by atoms with Crippen LogP contribution in [0.1, 0.15) is 122 Å². The second kappa shape index (κ2) is 15.2. The molecule has 0 heterocycles. The zero-order valence-electron chi connectivity index (χ0n) is 21.5. The van der Waals surface area contributed by atoms with E-state index in [4.69, 9.17) is 4.74 Å². The molecule has 0 amide bonds. The molecule has 0 N–H and O–H groups in total. The van der Waals surface area contributed by atoms with Crippen molar-refractivity contribution in [3.8, 4) is 16.9 Å². The fourth-order valence-corrected chi connectivity index (χ4v) is 5.41. The highest BCUT2D eigenvalue weighted by Gasteiger charge is 2.22. The first-order chi connectivity index (χ1) is 16.3. The van der Waals surface area contributed by atoms with E-state index >= 15 is 0 Å². The van der Waals surface area contributed by atoms with Crippen LogP contribution in [0.15, 0.2) is 48.5 Å². The molecule has 1 saturated carbocycles. The van der Waals surface area contributed by atoms with Crippen molar-refractivity contribution in [2.24, 2.45) is 5.92 Å². The minimum atomic E-state index is 0.767. The van der Waals surface area contributed by atoms with Crippen LogP contribution in [0.3, 0.4) is 0 Å². The highest BCUT2D eigenvalue weighted by atomic mass is 16.5. The number of hydrogen-bond acceptors (Lipinski definition) is 1. The van der Waals surface area contributed by atoms with E-state index in [1.807, 2.05) is 0 Å². The Hall–Kier alpha value is -1.76. The zero-order valence-corrected chi connectivity index (χ0v) is 21.5. The summed E-state index contributed by atoms with van der Waals surface area (Å²) in [5, 5.41) is 0. The van der Waals surface area contributed by atoms with Gasteiger partial charge in [0.1, 0.15) is 5.75 Å². The van der Waals surface area contributed by atoms with Gasteiger partial charge in [0.2, 0.25) is 0 Å². The lowest BCUT2D eigenvalue weighted by atomic mass is 9.77. The van der Waals surface area contributed by atoms with E-state index < -0.39 is 0 Å². The van der Waals surface area contributed by atoms with Gasteiger partial charge in [-0.15, -0.1) is 0 Å². The second-order valence-electron chi connectivity index (χ2n) is 10.3. The van der Waals surface area contributed by atoms with Crippen molar-refractivity contribution in [1.82, 2.24) is 0 Å². The van der Waals surface area contributed by atoms with Crippen molar-refractivity contribution in [3.63, 3.8) is 0 Å². The van der Waals surface area contributed by atoms with Gasteiger partial charge in [0.25, 0.3) is 0 Å². The normalized spacial score (nSPS) is 18.4. The lowest BCUT2D eigenvalue weighted by Gasteiger charge is -2.29. The van der Waals surface area contributed by atoms with Crippen LogP contribution in [-0.4, -0.2) is 6.61 Å². The van der Waals surface area contributed by atoms with Crippen LogP contribution in [0.2, 0.25) is 0 Å². The lowest BCUT2D eigenvalue weighted by Crippen LogP contribution is -2.13. The monoisotopic (exact) mass is 448 g/mol. The van der Waals surface area contributed by atoms with Crippen LogP contribution in [0.4, 0.5) is 0 Å². The number of rotatable bonds is 15. The third-order valence-corrected chi connectivity index (χ3v) is 7.65. The van der Waals surface area contributed by atoms with Crippen LogP contribution in [0, 0.1) is 5.92 Å². The van der Waals surface area contributed by atoms with E-state index in [2.05, 4.69) is 62.4 Å². The lowest BCUT2D eigenvalue weighted by molar-refractivity contribution is 0.302. The topological polar surface area (TPSA) is 9.23 Å². The predicted molar refractivity (Wildman–Crippen MR) is 144 cm³/mol. The van der Waals surface area contributed by atoms with Gasteiger partial charge in [-0.2, -0.15) is 0 Å². The third kappa shape index (κ3) is 9.19. The van der Waals surface area contributed by atoms with Crippen molar-refractivity contribution in [2.45, 2.75) is 116 Å². The van der Waals surface area contributed by atoms with Crippen LogP contribution in [0.25, 0.3) is 11.1 Å². The molecule has 1 aliphatic carbocycles. The summed E-state index contributed by atoms with van der Waals surface area (Å²) in [6.07, 6.45) is 20.5. The standard InChI is InChI=1S/C32H48O/c1-3-5-7-9-10-12-26-33-32-24-22-31(23-25-32)30-20-18-29(19-21-30)28-16-14-27(15-17-28)13-11-8-6-4-2/h18-25,27-28H,3-17,26H2,1-2H3. The Bertz CT molecular complexity index is 737. The van der Waals surface area contributed by atoms with Crippen LogP contribution >= 0.6 is 0 Å². The van der Waals surface area contributed by atoms with E-state index in [0.29, 0.717) is 0 Å². The molecule has 0 spiro atoms. The van der Waals surface area contributed by atoms with Crippen molar-refractivity contribution in [2.75, 3.05) is 6.61 Å². The second-order valence-corrected chi connectivity index (χ2v) is 10.3. The first kappa shape index (κ1) is 25.9. The summed E-state index contributed by atoms with van der Waals surface area (Å²) in [5.41, 5.74) is 4.14. The Morgan fingerprint density at radius 3 is 1.79 bits per heavy atom. The summed E-state index contributed by atoms with van der Waals surface area (Å²) in [5.74, 6) is 2.75. The number of hydrogen-bond donors (Lipinski definition) is 0. The molecule has 2 aromatic carbocycles. The molecule has 2 aromatic rings. The summed E-state index contributed by atoms with van der Waals surface area (Å²) in [6, 6.07) is 18.1. The fraction of sp³-hybridized carbons (Fsp3) is 0.625. The first-order valence-electron chi connectivity index (χ1n) is 14.1. The van der Waals surface area contributed by atoms with Gasteiger partial charge in [-0.1, -0.05) is 114 Å². The van der Waals surface area contributed by atoms with Gasteiger partial charge in [0.15, 0.2) is 0 Å². The Balaban J connectivity index is 1.39. The molecule has 33 heavy (non-hydrogen) atoms. The van der Waals surface area contributed by atoms with Gasteiger partial charge < -0.3 is 4.74 Å². The van der Waals surface area contributed by atoms with Crippen molar-refractivity contribution in [3.05, 3.63) is 54.1 Å². The summed E-state index contributed by atoms with van der Waals surface area (Å²) >= 11 is 0.